The first kappa shape index (κ1) is 30.3. The van der Waals surface area contributed by atoms with Crippen LogP contribution in [0.15, 0.2) is 72.8 Å². The zero-order valence-corrected chi connectivity index (χ0v) is 26.9. The van der Waals surface area contributed by atoms with Gasteiger partial charge in [0.1, 0.15) is 5.78 Å². The number of aliphatic hydroxyl groups is 3. The Kier molecular flexibility index (Phi) is 7.22. The molecule has 5 heteroatoms. The van der Waals surface area contributed by atoms with Crippen LogP contribution < -0.4 is 0 Å². The lowest BCUT2D eigenvalue weighted by atomic mass is 9.47. The average Bonchev–Trinajstić information content (AvgIpc) is 3.44. The second kappa shape index (κ2) is 11.0. The van der Waals surface area contributed by atoms with E-state index in [0.717, 1.165) is 69.8 Å². The van der Waals surface area contributed by atoms with Gasteiger partial charge in [-0.05, 0) is 95.0 Å². The van der Waals surface area contributed by atoms with E-state index < -0.39 is 28.6 Å². The summed E-state index contributed by atoms with van der Waals surface area (Å²) in [6.07, 6.45) is 11.3. The van der Waals surface area contributed by atoms with Gasteiger partial charge in [-0.1, -0.05) is 92.1 Å². The molecular weight excluding hydrogens is 572 g/mol. The third-order valence-electron chi connectivity index (χ3n) is 13.1. The number of aliphatic hydroxyl groups excluding tert-OH is 2. The quantitative estimate of drug-likeness (QED) is 0.225. The smallest absolute Gasteiger partial charge is 0.185 e. The SMILES string of the molecule is C=C1[C@@H]2[C@H](CO)C[C@@]3(C(=O)CCc4cccc(c4)C[C@@H]4c5cc6cc(ccc6cc5C=C[C@@H]4O)C[C@]13C1CCCCC1)[C@]2(O)OC. The number of carbonyl (C=O) groups is 1. The number of aryl methyl sites for hydroxylation is 1. The summed E-state index contributed by atoms with van der Waals surface area (Å²) in [6.45, 7) is 4.64. The van der Waals surface area contributed by atoms with Crippen LogP contribution in [0.1, 0.15) is 78.7 Å². The van der Waals surface area contributed by atoms with Crippen molar-refractivity contribution in [3.8, 4) is 0 Å². The minimum absolute atomic E-state index is 0.0278. The molecule has 5 aliphatic carbocycles. The molecule has 5 aliphatic rings. The second-order valence-electron chi connectivity index (χ2n) is 15.0. The first-order valence-corrected chi connectivity index (χ1v) is 17.4. The highest BCUT2D eigenvalue weighted by Crippen LogP contribution is 2.77. The van der Waals surface area contributed by atoms with Gasteiger partial charge in [0.05, 0.1) is 11.5 Å². The Labute approximate surface area is 272 Å². The summed E-state index contributed by atoms with van der Waals surface area (Å²) in [6, 6.07) is 19.6. The third-order valence-corrected chi connectivity index (χ3v) is 13.1. The van der Waals surface area contributed by atoms with E-state index >= 15 is 4.79 Å². The molecule has 3 saturated carbocycles. The number of Topliss-reactive ketones (excluding diaryl/α,β-unsaturated/α-hetero) is 1. The predicted octanol–water partition coefficient (Wildman–Crippen LogP) is 6.70. The Morgan fingerprint density at radius 1 is 0.957 bits per heavy atom. The molecule has 0 aromatic heterocycles. The third kappa shape index (κ3) is 4.05. The normalized spacial score (nSPS) is 35.7. The summed E-state index contributed by atoms with van der Waals surface area (Å²) in [4.78, 5) is 15.2. The Morgan fingerprint density at radius 2 is 1.76 bits per heavy atom. The lowest BCUT2D eigenvalue weighted by Crippen LogP contribution is -2.60. The van der Waals surface area contributed by atoms with Crippen LogP contribution in [0.4, 0.5) is 0 Å². The summed E-state index contributed by atoms with van der Waals surface area (Å²) in [7, 11) is 1.53. The number of hydrogen-bond acceptors (Lipinski definition) is 5. The highest BCUT2D eigenvalue weighted by Gasteiger charge is 2.82. The molecule has 1 spiro atoms. The van der Waals surface area contributed by atoms with Gasteiger partial charge in [0.2, 0.25) is 0 Å². The first-order chi connectivity index (χ1) is 22.3. The van der Waals surface area contributed by atoms with Crippen LogP contribution in [0.25, 0.3) is 16.8 Å². The minimum Gasteiger partial charge on any atom is -0.396 e. The molecule has 5 nitrogen and oxygen atoms in total. The van der Waals surface area contributed by atoms with Crippen molar-refractivity contribution in [3.63, 3.8) is 0 Å². The van der Waals surface area contributed by atoms with Crippen LogP contribution in [-0.2, 0) is 28.8 Å². The van der Waals surface area contributed by atoms with Crippen molar-refractivity contribution in [3.05, 3.63) is 101 Å². The van der Waals surface area contributed by atoms with Gasteiger partial charge in [-0.2, -0.15) is 0 Å². The zero-order valence-electron chi connectivity index (χ0n) is 26.9. The number of ketones is 1. The van der Waals surface area contributed by atoms with Gasteiger partial charge in [-0.15, -0.1) is 0 Å². The van der Waals surface area contributed by atoms with Gasteiger partial charge in [-0.25, -0.2) is 0 Å². The number of carbonyl (C=O) groups excluding carboxylic acids is 1. The fourth-order valence-corrected chi connectivity index (χ4v) is 11.1. The van der Waals surface area contributed by atoms with Gasteiger partial charge >= 0.3 is 0 Å². The Balaban J connectivity index is 1.38. The van der Waals surface area contributed by atoms with Gasteiger partial charge in [0, 0.05) is 37.4 Å². The molecule has 0 heterocycles. The maximum atomic E-state index is 15.2. The van der Waals surface area contributed by atoms with Crippen molar-refractivity contribution < 1.29 is 24.9 Å². The topological polar surface area (TPSA) is 87.0 Å². The van der Waals surface area contributed by atoms with Gasteiger partial charge in [-0.3, -0.25) is 4.79 Å². The van der Waals surface area contributed by atoms with E-state index in [4.69, 9.17) is 11.3 Å². The molecule has 3 aromatic carbocycles. The molecule has 7 atom stereocenters. The number of benzene rings is 3. The highest BCUT2D eigenvalue weighted by molar-refractivity contribution is 5.91. The van der Waals surface area contributed by atoms with E-state index in [1.54, 1.807) is 0 Å². The average molecular weight is 619 g/mol. The molecule has 3 fully saturated rings. The number of hydrogen-bond donors (Lipinski definition) is 3. The summed E-state index contributed by atoms with van der Waals surface area (Å²) < 4.78 is 6.15. The predicted molar refractivity (Wildman–Crippen MR) is 180 cm³/mol. The zero-order chi connectivity index (χ0) is 31.8. The van der Waals surface area contributed by atoms with Crippen molar-refractivity contribution in [1.82, 2.24) is 0 Å². The van der Waals surface area contributed by atoms with Crippen molar-refractivity contribution >= 4 is 22.6 Å². The Hall–Kier alpha value is -3.09. The minimum atomic E-state index is -1.73. The number of ether oxygens (including phenoxy) is 1. The first-order valence-electron chi connectivity index (χ1n) is 17.4. The van der Waals surface area contributed by atoms with Crippen LogP contribution >= 0.6 is 0 Å². The molecule has 46 heavy (non-hydrogen) atoms. The molecule has 3 aromatic rings. The maximum absolute atomic E-state index is 15.2. The molecule has 240 valence electrons. The van der Waals surface area contributed by atoms with Crippen molar-refractivity contribution in [1.29, 1.82) is 0 Å². The Bertz CT molecular complexity index is 1750. The molecule has 0 aliphatic heterocycles. The summed E-state index contributed by atoms with van der Waals surface area (Å²) >= 11 is 0. The largest absolute Gasteiger partial charge is 0.396 e. The highest BCUT2D eigenvalue weighted by atomic mass is 16.6. The van der Waals surface area contributed by atoms with Crippen LogP contribution in [0, 0.1) is 28.6 Å². The fraction of sp³-hybridized carbons (Fsp3) is 0.488. The van der Waals surface area contributed by atoms with Crippen LogP contribution in [0.5, 0.6) is 0 Å². The molecule has 0 amide bonds. The van der Waals surface area contributed by atoms with E-state index in [1.807, 2.05) is 6.08 Å². The van der Waals surface area contributed by atoms with E-state index in [-0.39, 0.29) is 36.6 Å². The van der Waals surface area contributed by atoms with Gasteiger partial charge in [0.15, 0.2) is 5.79 Å². The van der Waals surface area contributed by atoms with Crippen LogP contribution in [0.3, 0.4) is 0 Å². The molecular formula is C41H46O5. The standard InChI is InChI=1S/C41H46O5/c1-25-38-32(24-42)23-40(41(38,45)46-2)37(44)16-12-26-7-6-8-27(17-26)19-35-34-21-31-18-28(22-39(25,40)33-9-4-3-5-10-33)11-13-29(31)20-30(34)14-15-36(35)43/h6-8,11,13-15,17-18,20-21,32-33,35-36,38,42-43,45H,1,3-5,9-10,12,16,19,22-24H2,2H3/t32-,35+,36-,38+,39+,40-,41+/m0/s1. The number of rotatable bonds is 3. The fourth-order valence-electron chi connectivity index (χ4n) is 11.1. The monoisotopic (exact) mass is 618 g/mol. The molecule has 7 bridgehead atoms. The summed E-state index contributed by atoms with van der Waals surface area (Å²) in [5, 5.41) is 36.9. The lowest BCUT2D eigenvalue weighted by molar-refractivity contribution is -0.260. The molecule has 3 N–H and O–H groups in total. The molecule has 8 rings (SSSR count). The second-order valence-corrected chi connectivity index (χ2v) is 15.0. The van der Waals surface area contributed by atoms with Crippen molar-refractivity contribution in [2.45, 2.75) is 82.0 Å². The van der Waals surface area contributed by atoms with Gasteiger partial charge in [0.25, 0.3) is 0 Å². The van der Waals surface area contributed by atoms with Crippen LogP contribution in [-0.4, -0.2) is 46.7 Å². The van der Waals surface area contributed by atoms with E-state index in [0.29, 0.717) is 25.7 Å². The number of methoxy groups -OCH3 is 1. The van der Waals surface area contributed by atoms with E-state index in [9.17, 15) is 15.3 Å². The van der Waals surface area contributed by atoms with E-state index in [1.165, 1.54) is 13.5 Å². The Morgan fingerprint density at radius 3 is 2.54 bits per heavy atom. The van der Waals surface area contributed by atoms with Crippen LogP contribution in [0.2, 0.25) is 0 Å². The summed E-state index contributed by atoms with van der Waals surface area (Å²) in [5.74, 6) is -2.39. The van der Waals surface area contributed by atoms with Gasteiger partial charge < -0.3 is 20.1 Å². The molecule has 0 radical (unpaired) electrons. The molecule has 0 unspecified atom stereocenters. The lowest BCUT2D eigenvalue weighted by Gasteiger charge is -2.55. The molecule has 0 saturated heterocycles. The maximum Gasteiger partial charge on any atom is 0.185 e. The van der Waals surface area contributed by atoms with Crippen molar-refractivity contribution in [2.24, 2.45) is 28.6 Å². The summed E-state index contributed by atoms with van der Waals surface area (Å²) in [5.41, 5.74) is 4.62. The van der Waals surface area contributed by atoms with Crippen molar-refractivity contribution in [2.75, 3.05) is 13.7 Å². The van der Waals surface area contributed by atoms with E-state index in [2.05, 4.69) is 60.7 Å². The number of fused-ring (bicyclic) bond motifs is 4.